The summed E-state index contributed by atoms with van der Waals surface area (Å²) in [6, 6.07) is 3.59. The standard InChI is InChI=1S/C18H25N3O3/c1-3-24-18(23)14-4-5-16(19-12-14)20-6-8-21(9-7-20)17(22)15-10-13(2)11-15/h4-5,12-13,15H,3,6-11H2,1-2H3. The molecular weight excluding hydrogens is 306 g/mol. The van der Waals surface area contributed by atoms with Gasteiger partial charge in [0.25, 0.3) is 0 Å². The lowest BCUT2D eigenvalue weighted by molar-refractivity contribution is -0.140. The van der Waals surface area contributed by atoms with Crippen LogP contribution in [0.25, 0.3) is 0 Å². The number of anilines is 1. The van der Waals surface area contributed by atoms with Crippen LogP contribution in [0.15, 0.2) is 18.3 Å². The molecule has 2 heterocycles. The minimum atomic E-state index is -0.346. The molecule has 2 aliphatic rings. The molecular formula is C18H25N3O3. The maximum absolute atomic E-state index is 12.4. The number of pyridine rings is 1. The second kappa shape index (κ2) is 7.20. The summed E-state index contributed by atoms with van der Waals surface area (Å²) in [7, 11) is 0. The van der Waals surface area contributed by atoms with Crippen LogP contribution in [-0.4, -0.2) is 54.5 Å². The number of amides is 1. The number of rotatable bonds is 4. The van der Waals surface area contributed by atoms with Gasteiger partial charge in [-0.05, 0) is 37.8 Å². The van der Waals surface area contributed by atoms with Gasteiger partial charge in [-0.1, -0.05) is 6.92 Å². The Bertz CT molecular complexity index is 588. The zero-order valence-electron chi connectivity index (χ0n) is 14.4. The SMILES string of the molecule is CCOC(=O)c1ccc(N2CCN(C(=O)C3CC(C)C3)CC2)nc1. The Morgan fingerprint density at radius 1 is 1.21 bits per heavy atom. The summed E-state index contributed by atoms with van der Waals surface area (Å²) in [5.74, 6) is 1.75. The van der Waals surface area contributed by atoms with Crippen LogP contribution in [0.2, 0.25) is 0 Å². The smallest absolute Gasteiger partial charge is 0.339 e. The summed E-state index contributed by atoms with van der Waals surface area (Å²) in [6.07, 6.45) is 3.63. The van der Waals surface area contributed by atoms with E-state index in [1.165, 1.54) is 0 Å². The number of nitrogens with zero attached hydrogens (tertiary/aromatic N) is 3. The quantitative estimate of drug-likeness (QED) is 0.789. The molecule has 1 saturated heterocycles. The van der Waals surface area contributed by atoms with E-state index in [1.807, 2.05) is 11.0 Å². The molecule has 0 radical (unpaired) electrons. The van der Waals surface area contributed by atoms with Gasteiger partial charge in [-0.25, -0.2) is 9.78 Å². The number of hydrogen-bond acceptors (Lipinski definition) is 5. The molecule has 0 atom stereocenters. The van der Waals surface area contributed by atoms with Crippen LogP contribution in [0.5, 0.6) is 0 Å². The first-order valence-electron chi connectivity index (χ1n) is 8.75. The average Bonchev–Trinajstić information content (AvgIpc) is 2.59. The molecule has 24 heavy (non-hydrogen) atoms. The molecule has 0 unspecified atom stereocenters. The largest absolute Gasteiger partial charge is 0.462 e. The van der Waals surface area contributed by atoms with E-state index in [0.29, 0.717) is 24.0 Å². The maximum atomic E-state index is 12.4. The van der Waals surface area contributed by atoms with Crippen molar-refractivity contribution in [3.8, 4) is 0 Å². The van der Waals surface area contributed by atoms with Crippen molar-refractivity contribution in [3.63, 3.8) is 0 Å². The summed E-state index contributed by atoms with van der Waals surface area (Å²) in [5.41, 5.74) is 0.466. The lowest BCUT2D eigenvalue weighted by Crippen LogP contribution is -2.52. The highest BCUT2D eigenvalue weighted by Crippen LogP contribution is 2.34. The van der Waals surface area contributed by atoms with Gasteiger partial charge in [0.05, 0.1) is 12.2 Å². The number of hydrogen-bond donors (Lipinski definition) is 0. The third-order valence-corrected chi connectivity index (χ3v) is 4.90. The summed E-state index contributed by atoms with van der Waals surface area (Å²) in [6.45, 7) is 7.38. The van der Waals surface area contributed by atoms with E-state index in [0.717, 1.165) is 44.8 Å². The van der Waals surface area contributed by atoms with Gasteiger partial charge in [0.2, 0.25) is 5.91 Å². The van der Waals surface area contributed by atoms with E-state index in [1.54, 1.807) is 19.2 Å². The molecule has 1 aliphatic heterocycles. The molecule has 0 bridgehead atoms. The molecule has 0 aromatic carbocycles. The Hall–Kier alpha value is -2.11. The minimum absolute atomic E-state index is 0.244. The fourth-order valence-corrected chi connectivity index (χ4v) is 3.43. The van der Waals surface area contributed by atoms with Crippen molar-refractivity contribution in [2.75, 3.05) is 37.7 Å². The normalized spacial score (nSPS) is 23.6. The first-order valence-corrected chi connectivity index (χ1v) is 8.75. The molecule has 1 saturated carbocycles. The van der Waals surface area contributed by atoms with Crippen LogP contribution in [0.1, 0.15) is 37.0 Å². The van der Waals surface area contributed by atoms with Crippen molar-refractivity contribution in [1.29, 1.82) is 0 Å². The Labute approximate surface area is 142 Å². The molecule has 0 spiro atoms. The average molecular weight is 331 g/mol. The number of aromatic nitrogens is 1. The van der Waals surface area contributed by atoms with E-state index in [2.05, 4.69) is 16.8 Å². The van der Waals surface area contributed by atoms with Crippen molar-refractivity contribution >= 4 is 17.7 Å². The molecule has 1 aromatic rings. The van der Waals surface area contributed by atoms with Crippen molar-refractivity contribution in [2.45, 2.75) is 26.7 Å². The molecule has 1 aliphatic carbocycles. The predicted octanol–water partition coefficient (Wildman–Crippen LogP) is 1.95. The van der Waals surface area contributed by atoms with E-state index in [-0.39, 0.29) is 11.9 Å². The van der Waals surface area contributed by atoms with E-state index in [4.69, 9.17) is 4.74 Å². The molecule has 3 rings (SSSR count). The lowest BCUT2D eigenvalue weighted by atomic mass is 9.75. The van der Waals surface area contributed by atoms with Gasteiger partial charge >= 0.3 is 5.97 Å². The third kappa shape index (κ3) is 3.52. The molecule has 130 valence electrons. The second-order valence-corrected chi connectivity index (χ2v) is 6.71. The number of ether oxygens (including phenoxy) is 1. The number of carbonyl (C=O) groups excluding carboxylic acids is 2. The van der Waals surface area contributed by atoms with Gasteiger partial charge < -0.3 is 14.5 Å². The van der Waals surface area contributed by atoms with Crippen LogP contribution >= 0.6 is 0 Å². The molecule has 1 aromatic heterocycles. The Balaban J connectivity index is 1.53. The molecule has 1 amide bonds. The van der Waals surface area contributed by atoms with Crippen LogP contribution < -0.4 is 4.90 Å². The highest BCUT2D eigenvalue weighted by Gasteiger charge is 2.35. The first-order chi connectivity index (χ1) is 11.6. The monoisotopic (exact) mass is 331 g/mol. The summed E-state index contributed by atoms with van der Waals surface area (Å²) in [4.78, 5) is 32.6. The molecule has 0 N–H and O–H groups in total. The van der Waals surface area contributed by atoms with Gasteiger partial charge in [-0.2, -0.15) is 0 Å². The number of esters is 1. The van der Waals surface area contributed by atoms with Crippen molar-refractivity contribution in [3.05, 3.63) is 23.9 Å². The zero-order chi connectivity index (χ0) is 17.1. The van der Waals surface area contributed by atoms with Crippen molar-refractivity contribution < 1.29 is 14.3 Å². The van der Waals surface area contributed by atoms with E-state index >= 15 is 0 Å². The van der Waals surface area contributed by atoms with Crippen LogP contribution in [-0.2, 0) is 9.53 Å². The number of carbonyl (C=O) groups is 2. The van der Waals surface area contributed by atoms with Crippen LogP contribution in [0.3, 0.4) is 0 Å². The molecule has 6 nitrogen and oxygen atoms in total. The lowest BCUT2D eigenvalue weighted by Gasteiger charge is -2.40. The summed E-state index contributed by atoms with van der Waals surface area (Å²) in [5, 5.41) is 0. The Morgan fingerprint density at radius 2 is 1.92 bits per heavy atom. The Kier molecular flexibility index (Phi) is 5.02. The van der Waals surface area contributed by atoms with E-state index < -0.39 is 0 Å². The zero-order valence-corrected chi connectivity index (χ0v) is 14.4. The maximum Gasteiger partial charge on any atom is 0.339 e. The van der Waals surface area contributed by atoms with Gasteiger partial charge in [-0.3, -0.25) is 4.79 Å². The minimum Gasteiger partial charge on any atom is -0.462 e. The summed E-state index contributed by atoms with van der Waals surface area (Å²) >= 11 is 0. The highest BCUT2D eigenvalue weighted by atomic mass is 16.5. The topological polar surface area (TPSA) is 62.7 Å². The number of piperazine rings is 1. The van der Waals surface area contributed by atoms with Crippen molar-refractivity contribution in [2.24, 2.45) is 11.8 Å². The van der Waals surface area contributed by atoms with Gasteiger partial charge in [0.1, 0.15) is 5.82 Å². The fraction of sp³-hybridized carbons (Fsp3) is 0.611. The molecule has 6 heteroatoms. The predicted molar refractivity (Wildman–Crippen MR) is 90.9 cm³/mol. The fourth-order valence-electron chi connectivity index (χ4n) is 3.43. The second-order valence-electron chi connectivity index (χ2n) is 6.71. The highest BCUT2D eigenvalue weighted by molar-refractivity contribution is 5.89. The summed E-state index contributed by atoms with van der Waals surface area (Å²) < 4.78 is 4.96. The van der Waals surface area contributed by atoms with Gasteiger partial charge in [0, 0.05) is 38.3 Å². The third-order valence-electron chi connectivity index (χ3n) is 4.90. The Morgan fingerprint density at radius 3 is 2.46 bits per heavy atom. The van der Waals surface area contributed by atoms with Crippen molar-refractivity contribution in [1.82, 2.24) is 9.88 Å². The van der Waals surface area contributed by atoms with Gasteiger partial charge in [-0.15, -0.1) is 0 Å². The first kappa shape index (κ1) is 16.7. The van der Waals surface area contributed by atoms with Gasteiger partial charge in [0.15, 0.2) is 0 Å². The van der Waals surface area contributed by atoms with E-state index in [9.17, 15) is 9.59 Å². The van der Waals surface area contributed by atoms with Crippen LogP contribution in [0.4, 0.5) is 5.82 Å². The molecule has 2 fully saturated rings. The van der Waals surface area contributed by atoms with Crippen LogP contribution in [0, 0.1) is 11.8 Å².